The summed E-state index contributed by atoms with van der Waals surface area (Å²) in [7, 11) is 1.51. The third-order valence-electron chi connectivity index (χ3n) is 2.29. The molecule has 1 saturated heterocycles. The zero-order valence-electron chi connectivity index (χ0n) is 7.63. The summed E-state index contributed by atoms with van der Waals surface area (Å²) in [4.78, 5) is 12.6. The SMILES string of the molecule is COC(C)(C)N1CCC(F)C1=O. The molecule has 0 N–H and O–H groups in total. The molecule has 1 aliphatic rings. The van der Waals surface area contributed by atoms with E-state index in [2.05, 4.69) is 0 Å². The minimum absolute atomic E-state index is 0.283. The molecule has 4 heteroatoms. The first-order valence-electron chi connectivity index (χ1n) is 4.00. The number of likely N-dealkylation sites (tertiary alicyclic amines) is 1. The molecule has 12 heavy (non-hydrogen) atoms. The molecule has 1 fully saturated rings. The second-order valence-corrected chi connectivity index (χ2v) is 3.40. The quantitative estimate of drug-likeness (QED) is 0.625. The lowest BCUT2D eigenvalue weighted by Gasteiger charge is -2.33. The van der Waals surface area contributed by atoms with Crippen molar-refractivity contribution in [1.82, 2.24) is 4.90 Å². The van der Waals surface area contributed by atoms with Gasteiger partial charge in [-0.25, -0.2) is 4.39 Å². The van der Waals surface area contributed by atoms with Crippen LogP contribution in [0.25, 0.3) is 0 Å². The van der Waals surface area contributed by atoms with E-state index < -0.39 is 17.8 Å². The van der Waals surface area contributed by atoms with Gasteiger partial charge in [0.15, 0.2) is 6.17 Å². The standard InChI is InChI=1S/C8H14FNO2/c1-8(2,12-3)10-5-4-6(9)7(10)11/h6H,4-5H2,1-3H3. The van der Waals surface area contributed by atoms with Crippen LogP contribution in [0.2, 0.25) is 0 Å². The van der Waals surface area contributed by atoms with E-state index in [1.807, 2.05) is 0 Å². The molecule has 0 aromatic rings. The maximum atomic E-state index is 12.8. The fourth-order valence-electron chi connectivity index (χ4n) is 1.29. The highest BCUT2D eigenvalue weighted by atomic mass is 19.1. The first-order valence-corrected chi connectivity index (χ1v) is 4.00. The van der Waals surface area contributed by atoms with Crippen LogP contribution < -0.4 is 0 Å². The average molecular weight is 175 g/mol. The number of carbonyl (C=O) groups is 1. The second-order valence-electron chi connectivity index (χ2n) is 3.40. The van der Waals surface area contributed by atoms with Gasteiger partial charge in [-0.1, -0.05) is 0 Å². The van der Waals surface area contributed by atoms with Gasteiger partial charge in [0.1, 0.15) is 5.72 Å². The number of alkyl halides is 1. The van der Waals surface area contributed by atoms with Gasteiger partial charge in [-0.15, -0.1) is 0 Å². The summed E-state index contributed by atoms with van der Waals surface area (Å²) >= 11 is 0. The van der Waals surface area contributed by atoms with Gasteiger partial charge in [-0.3, -0.25) is 4.79 Å². The Morgan fingerprint density at radius 1 is 1.67 bits per heavy atom. The molecule has 0 radical (unpaired) electrons. The van der Waals surface area contributed by atoms with Crippen LogP contribution in [0.15, 0.2) is 0 Å². The Labute approximate surface area is 71.5 Å². The van der Waals surface area contributed by atoms with Crippen LogP contribution in [-0.2, 0) is 9.53 Å². The summed E-state index contributed by atoms with van der Waals surface area (Å²) in [6.07, 6.45) is -1.05. The number of ether oxygens (including phenoxy) is 1. The van der Waals surface area contributed by atoms with E-state index in [1.165, 1.54) is 12.0 Å². The average Bonchev–Trinajstić information content (AvgIpc) is 2.33. The van der Waals surface area contributed by atoms with Crippen LogP contribution in [0, 0.1) is 0 Å². The number of hydrogen-bond acceptors (Lipinski definition) is 2. The lowest BCUT2D eigenvalue weighted by atomic mass is 10.2. The first kappa shape index (κ1) is 9.45. The molecule has 3 nitrogen and oxygen atoms in total. The van der Waals surface area contributed by atoms with Crippen LogP contribution in [-0.4, -0.2) is 36.4 Å². The lowest BCUT2D eigenvalue weighted by Crippen LogP contribution is -2.47. The molecule has 0 aliphatic carbocycles. The van der Waals surface area contributed by atoms with Gasteiger partial charge in [0, 0.05) is 20.1 Å². The van der Waals surface area contributed by atoms with Gasteiger partial charge < -0.3 is 9.64 Å². The summed E-state index contributed by atoms with van der Waals surface area (Å²) in [5.41, 5.74) is -0.683. The Hall–Kier alpha value is -0.640. The van der Waals surface area contributed by atoms with E-state index >= 15 is 0 Å². The molecule has 0 bridgehead atoms. The zero-order valence-corrected chi connectivity index (χ0v) is 7.63. The molecule has 70 valence electrons. The van der Waals surface area contributed by atoms with E-state index in [9.17, 15) is 9.18 Å². The van der Waals surface area contributed by atoms with Crippen molar-refractivity contribution in [3.8, 4) is 0 Å². The van der Waals surface area contributed by atoms with Gasteiger partial charge in [0.25, 0.3) is 5.91 Å². The summed E-state index contributed by atoms with van der Waals surface area (Å²) in [6, 6.07) is 0. The third kappa shape index (κ3) is 1.43. The van der Waals surface area contributed by atoms with Crippen molar-refractivity contribution in [2.45, 2.75) is 32.2 Å². The van der Waals surface area contributed by atoms with Crippen LogP contribution in [0.5, 0.6) is 0 Å². The number of carbonyl (C=O) groups excluding carboxylic acids is 1. The van der Waals surface area contributed by atoms with Gasteiger partial charge in [-0.05, 0) is 13.8 Å². The number of hydrogen-bond donors (Lipinski definition) is 0. The Kier molecular flexibility index (Phi) is 2.37. The molecule has 1 atom stereocenters. The van der Waals surface area contributed by atoms with Crippen molar-refractivity contribution in [2.75, 3.05) is 13.7 Å². The Morgan fingerprint density at radius 3 is 2.58 bits per heavy atom. The zero-order chi connectivity index (χ0) is 9.35. The van der Waals surface area contributed by atoms with Gasteiger partial charge >= 0.3 is 0 Å². The number of nitrogens with zero attached hydrogens (tertiary/aromatic N) is 1. The number of methoxy groups -OCH3 is 1. The predicted octanol–water partition coefficient (Wildman–Crippen LogP) is 0.939. The highest BCUT2D eigenvalue weighted by Gasteiger charge is 2.40. The van der Waals surface area contributed by atoms with E-state index in [0.29, 0.717) is 6.54 Å². The van der Waals surface area contributed by atoms with Gasteiger partial charge in [0.05, 0.1) is 0 Å². The number of rotatable bonds is 2. The van der Waals surface area contributed by atoms with Gasteiger partial charge in [0.2, 0.25) is 0 Å². The summed E-state index contributed by atoms with van der Waals surface area (Å²) in [6.45, 7) is 3.95. The first-order chi connectivity index (χ1) is 5.49. The van der Waals surface area contributed by atoms with Crippen LogP contribution in [0.4, 0.5) is 4.39 Å². The van der Waals surface area contributed by atoms with Crippen molar-refractivity contribution >= 4 is 5.91 Å². The van der Waals surface area contributed by atoms with E-state index in [0.717, 1.165) is 0 Å². The summed E-state index contributed by atoms with van der Waals surface area (Å²) in [5.74, 6) is -0.457. The van der Waals surface area contributed by atoms with E-state index in [1.54, 1.807) is 13.8 Å². The maximum Gasteiger partial charge on any atom is 0.259 e. The minimum atomic E-state index is -1.33. The molecule has 1 amide bonds. The second kappa shape index (κ2) is 3.01. The molecule has 1 aliphatic heterocycles. The summed E-state index contributed by atoms with van der Waals surface area (Å²) < 4.78 is 17.9. The van der Waals surface area contributed by atoms with Gasteiger partial charge in [-0.2, -0.15) is 0 Å². The Balaban J connectivity index is 2.71. The van der Waals surface area contributed by atoms with Crippen LogP contribution >= 0.6 is 0 Å². The van der Waals surface area contributed by atoms with Crippen molar-refractivity contribution in [3.63, 3.8) is 0 Å². The van der Waals surface area contributed by atoms with E-state index in [-0.39, 0.29) is 6.42 Å². The monoisotopic (exact) mass is 175 g/mol. The molecular formula is C8H14FNO2. The summed E-state index contributed by atoms with van der Waals surface area (Å²) in [5, 5.41) is 0. The van der Waals surface area contributed by atoms with Crippen LogP contribution in [0.3, 0.4) is 0 Å². The lowest BCUT2D eigenvalue weighted by molar-refractivity contribution is -0.155. The molecule has 1 heterocycles. The fraction of sp³-hybridized carbons (Fsp3) is 0.875. The topological polar surface area (TPSA) is 29.5 Å². The molecule has 1 unspecified atom stereocenters. The predicted molar refractivity (Wildman–Crippen MR) is 42.3 cm³/mol. The molecule has 0 spiro atoms. The third-order valence-corrected chi connectivity index (χ3v) is 2.29. The Morgan fingerprint density at radius 2 is 2.25 bits per heavy atom. The molecule has 0 saturated carbocycles. The highest BCUT2D eigenvalue weighted by Crippen LogP contribution is 2.24. The van der Waals surface area contributed by atoms with Crippen molar-refractivity contribution < 1.29 is 13.9 Å². The normalized spacial score (nSPS) is 25.2. The van der Waals surface area contributed by atoms with E-state index in [4.69, 9.17) is 4.74 Å². The highest BCUT2D eigenvalue weighted by molar-refractivity contribution is 5.83. The van der Waals surface area contributed by atoms with Crippen molar-refractivity contribution in [2.24, 2.45) is 0 Å². The number of halogens is 1. The maximum absolute atomic E-state index is 12.8. The fourth-order valence-corrected chi connectivity index (χ4v) is 1.29. The molecule has 1 rings (SSSR count). The molecule has 0 aromatic carbocycles. The minimum Gasteiger partial charge on any atom is -0.359 e. The largest absolute Gasteiger partial charge is 0.359 e. The number of amides is 1. The smallest absolute Gasteiger partial charge is 0.259 e. The van der Waals surface area contributed by atoms with Crippen molar-refractivity contribution in [1.29, 1.82) is 0 Å². The molecule has 0 aromatic heterocycles. The van der Waals surface area contributed by atoms with Crippen LogP contribution in [0.1, 0.15) is 20.3 Å². The molecular weight excluding hydrogens is 161 g/mol. The Bertz CT molecular complexity index is 193. The van der Waals surface area contributed by atoms with Crippen molar-refractivity contribution in [3.05, 3.63) is 0 Å².